The topological polar surface area (TPSA) is 62.5 Å². The number of carbonyl (C=O) groups is 1. The van der Waals surface area contributed by atoms with Crippen molar-refractivity contribution in [2.45, 2.75) is 25.9 Å². The van der Waals surface area contributed by atoms with Gasteiger partial charge in [-0.25, -0.2) is 0 Å². The van der Waals surface area contributed by atoms with Gasteiger partial charge in [0.05, 0.1) is 6.10 Å². The van der Waals surface area contributed by atoms with Crippen molar-refractivity contribution in [1.82, 2.24) is 5.32 Å². The zero-order valence-electron chi connectivity index (χ0n) is 11.1. The molecule has 2 N–H and O–H groups in total. The molecule has 0 saturated heterocycles. The molecule has 1 aromatic heterocycles. The average Bonchev–Trinajstić information content (AvgIpc) is 2.70. The second-order valence-electron chi connectivity index (χ2n) is 5.40. The summed E-state index contributed by atoms with van der Waals surface area (Å²) in [6.07, 6.45) is 1.32. The standard InChI is InChI=1S/C15H16ClNO3/c1-8-12-6-10(16)2-3-13(12)20-14(8)15(19)17-7-9-4-11(18)5-9/h2-3,6,9,11,18H,4-5,7H2,1H3,(H,17,19). The largest absolute Gasteiger partial charge is 0.451 e. The fourth-order valence-electron chi connectivity index (χ4n) is 2.59. The monoisotopic (exact) mass is 293 g/mol. The van der Waals surface area contributed by atoms with Gasteiger partial charge >= 0.3 is 0 Å². The molecule has 1 fully saturated rings. The molecule has 106 valence electrons. The molecule has 1 saturated carbocycles. The highest BCUT2D eigenvalue weighted by molar-refractivity contribution is 6.31. The fourth-order valence-corrected chi connectivity index (χ4v) is 2.77. The summed E-state index contributed by atoms with van der Waals surface area (Å²) in [5, 5.41) is 13.6. The molecule has 0 aliphatic heterocycles. The zero-order chi connectivity index (χ0) is 14.3. The van der Waals surface area contributed by atoms with Crippen LogP contribution in [-0.4, -0.2) is 23.7 Å². The quantitative estimate of drug-likeness (QED) is 0.914. The number of aliphatic hydroxyl groups is 1. The van der Waals surface area contributed by atoms with Crippen LogP contribution in [0.5, 0.6) is 0 Å². The minimum Gasteiger partial charge on any atom is -0.451 e. The van der Waals surface area contributed by atoms with Crippen molar-refractivity contribution in [3.05, 3.63) is 34.5 Å². The lowest BCUT2D eigenvalue weighted by Crippen LogP contribution is -2.38. The predicted molar refractivity (Wildman–Crippen MR) is 77.0 cm³/mol. The lowest BCUT2D eigenvalue weighted by molar-refractivity contribution is 0.0418. The van der Waals surface area contributed by atoms with E-state index in [0.29, 0.717) is 28.8 Å². The molecule has 0 unspecified atom stereocenters. The average molecular weight is 294 g/mol. The first-order valence-corrected chi connectivity index (χ1v) is 7.07. The Labute approximate surface area is 121 Å². The number of hydrogen-bond acceptors (Lipinski definition) is 3. The number of rotatable bonds is 3. The summed E-state index contributed by atoms with van der Waals surface area (Å²) < 4.78 is 5.60. The van der Waals surface area contributed by atoms with Crippen LogP contribution in [0.25, 0.3) is 11.0 Å². The molecule has 0 spiro atoms. The maximum atomic E-state index is 12.1. The molecular formula is C15H16ClNO3. The van der Waals surface area contributed by atoms with Crippen LogP contribution < -0.4 is 5.32 Å². The molecule has 1 aliphatic rings. The second kappa shape index (κ2) is 5.11. The molecule has 3 rings (SSSR count). The van der Waals surface area contributed by atoms with Crippen LogP contribution in [0, 0.1) is 12.8 Å². The van der Waals surface area contributed by atoms with Crippen LogP contribution in [0.4, 0.5) is 0 Å². The Balaban J connectivity index is 1.75. The van der Waals surface area contributed by atoms with Crippen molar-refractivity contribution in [3.63, 3.8) is 0 Å². The van der Waals surface area contributed by atoms with Gasteiger partial charge < -0.3 is 14.8 Å². The Hall–Kier alpha value is -1.52. The maximum absolute atomic E-state index is 12.1. The van der Waals surface area contributed by atoms with Gasteiger partial charge in [0.25, 0.3) is 5.91 Å². The summed E-state index contributed by atoms with van der Waals surface area (Å²) in [5.41, 5.74) is 1.46. The summed E-state index contributed by atoms with van der Waals surface area (Å²) in [4.78, 5) is 12.1. The van der Waals surface area contributed by atoms with Gasteiger partial charge in [0.15, 0.2) is 5.76 Å². The number of fused-ring (bicyclic) bond motifs is 1. The molecule has 0 bridgehead atoms. The van der Waals surface area contributed by atoms with Gasteiger partial charge in [0.1, 0.15) is 5.58 Å². The van der Waals surface area contributed by atoms with Crippen LogP contribution in [0.2, 0.25) is 5.02 Å². The maximum Gasteiger partial charge on any atom is 0.287 e. The van der Waals surface area contributed by atoms with Gasteiger partial charge in [-0.15, -0.1) is 0 Å². The first-order valence-electron chi connectivity index (χ1n) is 6.69. The van der Waals surface area contributed by atoms with Gasteiger partial charge in [0, 0.05) is 22.5 Å². The third-order valence-corrected chi connectivity index (χ3v) is 4.10. The van der Waals surface area contributed by atoms with E-state index in [-0.39, 0.29) is 12.0 Å². The Kier molecular flexibility index (Phi) is 3.44. The van der Waals surface area contributed by atoms with E-state index in [2.05, 4.69) is 5.32 Å². The third kappa shape index (κ3) is 2.41. The summed E-state index contributed by atoms with van der Waals surface area (Å²) in [6.45, 7) is 2.43. The van der Waals surface area contributed by atoms with Crippen LogP contribution in [0.3, 0.4) is 0 Å². The van der Waals surface area contributed by atoms with E-state index < -0.39 is 0 Å². The summed E-state index contributed by atoms with van der Waals surface area (Å²) in [6, 6.07) is 5.31. The van der Waals surface area contributed by atoms with E-state index in [1.165, 1.54) is 0 Å². The van der Waals surface area contributed by atoms with E-state index in [9.17, 15) is 9.90 Å². The Morgan fingerprint density at radius 1 is 1.50 bits per heavy atom. The van der Waals surface area contributed by atoms with Crippen LogP contribution >= 0.6 is 11.6 Å². The Morgan fingerprint density at radius 3 is 2.95 bits per heavy atom. The number of aryl methyl sites for hydroxylation is 1. The zero-order valence-corrected chi connectivity index (χ0v) is 11.9. The van der Waals surface area contributed by atoms with Crippen molar-refractivity contribution >= 4 is 28.5 Å². The number of hydrogen-bond donors (Lipinski definition) is 2. The fraction of sp³-hybridized carbons (Fsp3) is 0.400. The number of carbonyl (C=O) groups excluding carboxylic acids is 1. The van der Waals surface area contributed by atoms with Gasteiger partial charge in [-0.2, -0.15) is 0 Å². The van der Waals surface area contributed by atoms with E-state index in [4.69, 9.17) is 16.0 Å². The number of benzene rings is 1. The predicted octanol–water partition coefficient (Wildman–Crippen LogP) is 2.90. The number of furan rings is 1. The van der Waals surface area contributed by atoms with Crippen molar-refractivity contribution in [2.24, 2.45) is 5.92 Å². The molecule has 5 heteroatoms. The molecule has 1 aliphatic carbocycles. The lowest BCUT2D eigenvalue weighted by Gasteiger charge is -2.31. The van der Waals surface area contributed by atoms with E-state index >= 15 is 0 Å². The van der Waals surface area contributed by atoms with E-state index in [1.807, 2.05) is 6.92 Å². The molecule has 0 radical (unpaired) electrons. The number of aliphatic hydroxyl groups excluding tert-OH is 1. The van der Waals surface area contributed by atoms with Crippen LogP contribution in [0.1, 0.15) is 29.0 Å². The first-order chi connectivity index (χ1) is 9.54. The van der Waals surface area contributed by atoms with Gasteiger partial charge in [-0.3, -0.25) is 4.79 Å². The molecule has 0 atom stereocenters. The second-order valence-corrected chi connectivity index (χ2v) is 5.83. The third-order valence-electron chi connectivity index (χ3n) is 3.87. The normalized spacial score (nSPS) is 21.8. The first kappa shape index (κ1) is 13.5. The smallest absolute Gasteiger partial charge is 0.287 e. The molecule has 1 amide bonds. The Bertz CT molecular complexity index is 658. The molecular weight excluding hydrogens is 278 g/mol. The number of halogens is 1. The summed E-state index contributed by atoms with van der Waals surface area (Å²) >= 11 is 5.96. The van der Waals surface area contributed by atoms with Crippen LogP contribution in [-0.2, 0) is 0 Å². The molecule has 2 aromatic rings. The van der Waals surface area contributed by atoms with Crippen LogP contribution in [0.15, 0.2) is 22.6 Å². The molecule has 1 heterocycles. The molecule has 1 aromatic carbocycles. The highest BCUT2D eigenvalue weighted by Gasteiger charge is 2.28. The summed E-state index contributed by atoms with van der Waals surface area (Å²) in [5.74, 6) is 0.492. The summed E-state index contributed by atoms with van der Waals surface area (Å²) in [7, 11) is 0. The van der Waals surface area contributed by atoms with Gasteiger partial charge in [-0.1, -0.05) is 11.6 Å². The minimum absolute atomic E-state index is 0.202. The van der Waals surface area contributed by atoms with Gasteiger partial charge in [0.2, 0.25) is 0 Å². The number of amides is 1. The van der Waals surface area contributed by atoms with Gasteiger partial charge in [-0.05, 0) is 43.9 Å². The Morgan fingerprint density at radius 2 is 2.25 bits per heavy atom. The van der Waals surface area contributed by atoms with Crippen molar-refractivity contribution in [3.8, 4) is 0 Å². The highest BCUT2D eigenvalue weighted by Crippen LogP contribution is 2.29. The van der Waals surface area contributed by atoms with Crippen molar-refractivity contribution in [1.29, 1.82) is 0 Å². The van der Waals surface area contributed by atoms with E-state index in [1.54, 1.807) is 18.2 Å². The van der Waals surface area contributed by atoms with E-state index in [0.717, 1.165) is 23.8 Å². The molecule has 4 nitrogen and oxygen atoms in total. The SMILES string of the molecule is Cc1c(C(=O)NCC2CC(O)C2)oc2ccc(Cl)cc12. The number of nitrogens with one attached hydrogen (secondary N) is 1. The van der Waals surface area contributed by atoms with Crippen molar-refractivity contribution in [2.75, 3.05) is 6.54 Å². The lowest BCUT2D eigenvalue weighted by atomic mass is 9.82. The minimum atomic E-state index is -0.212. The molecule has 20 heavy (non-hydrogen) atoms. The van der Waals surface area contributed by atoms with Crippen molar-refractivity contribution < 1.29 is 14.3 Å². The highest BCUT2D eigenvalue weighted by atomic mass is 35.5.